The first kappa shape index (κ1) is 100.0. The molecule has 0 aliphatic carbocycles. The van der Waals surface area contributed by atoms with Crippen LogP contribution in [0.15, 0.2) is 27.1 Å². The third kappa shape index (κ3) is 67.4. The molecule has 0 bridgehead atoms. The summed E-state index contributed by atoms with van der Waals surface area (Å²) < 4.78 is 95.2. The number of nitrogens with zero attached hydrogens (tertiary/aromatic N) is 4. The molecule has 3 atom stereocenters. The van der Waals surface area contributed by atoms with Gasteiger partial charge in [0.15, 0.2) is 17.9 Å². The van der Waals surface area contributed by atoms with Gasteiger partial charge < -0.3 is 86.9 Å². The summed E-state index contributed by atoms with van der Waals surface area (Å²) in [5.41, 5.74) is 38.4. The summed E-state index contributed by atoms with van der Waals surface area (Å²) in [6.45, 7) is 5.42. The fraction of sp³-hybridized carbons (Fsp3) is 0.766. The van der Waals surface area contributed by atoms with Gasteiger partial charge in [-0.15, -0.1) is 0 Å². The molecule has 22 N–H and O–H groups in total. The second-order valence-corrected chi connectivity index (χ2v) is 23.7. The lowest BCUT2D eigenvalue weighted by Gasteiger charge is -2.24. The molecule has 0 fully saturated rings. The molecule has 0 radical (unpaired) electrons. The third-order valence-corrected chi connectivity index (χ3v) is 14.6. The van der Waals surface area contributed by atoms with Crippen molar-refractivity contribution in [2.75, 3.05) is 45.8 Å². The molecular weight excluding hydrogens is 1370 g/mol. The Morgan fingerprint density at radius 2 is 0.637 bits per heavy atom. The van der Waals surface area contributed by atoms with Crippen LogP contribution in [-0.4, -0.2) is 180 Å². The molecule has 0 saturated heterocycles. The molecule has 0 saturated carbocycles. The van der Waals surface area contributed by atoms with E-state index in [0.717, 1.165) is 63.5 Å². The van der Waals surface area contributed by atoms with Gasteiger partial charge in [-0.05, 0) is 51.4 Å². The first-order chi connectivity index (χ1) is 47.8. The van der Waals surface area contributed by atoms with Crippen LogP contribution in [0.5, 0.6) is 0 Å². The smallest absolute Gasteiger partial charge is 0.475 e. The van der Waals surface area contributed by atoms with Crippen molar-refractivity contribution < 1.29 is 103 Å². The van der Waals surface area contributed by atoms with Gasteiger partial charge in [-0.25, -0.2) is 14.4 Å². The van der Waals surface area contributed by atoms with Gasteiger partial charge in [-0.3, -0.25) is 48.5 Å². The maximum absolute atomic E-state index is 14.0. The second kappa shape index (κ2) is 62.4. The van der Waals surface area contributed by atoms with E-state index >= 15 is 0 Å². The molecular formula is C64H115F9N16O13. The number of carboxylic acid groups (broad SMARTS) is 3. The summed E-state index contributed by atoms with van der Waals surface area (Å²) in [4.78, 5) is 133. The number of hydrogen-bond donors (Lipinski definition) is 15. The van der Waals surface area contributed by atoms with E-state index in [2.05, 4.69) is 55.4 Å². The number of guanidine groups is 3. The minimum Gasteiger partial charge on any atom is -0.475 e. The van der Waals surface area contributed by atoms with Crippen molar-refractivity contribution in [3.05, 3.63) is 12.2 Å². The number of primary amides is 1. The van der Waals surface area contributed by atoms with Crippen LogP contribution in [0, 0.1) is 0 Å². The van der Waals surface area contributed by atoms with Crippen molar-refractivity contribution in [1.82, 2.24) is 31.5 Å². The van der Waals surface area contributed by atoms with Gasteiger partial charge in [0.25, 0.3) is 0 Å². The van der Waals surface area contributed by atoms with Crippen molar-refractivity contribution in [3.8, 4) is 0 Å². The summed E-state index contributed by atoms with van der Waals surface area (Å²) in [5.74, 6) is -12.7. The number of halogens is 9. The number of aliphatic imine (C=N–C) groups is 3. The van der Waals surface area contributed by atoms with E-state index in [0.29, 0.717) is 19.3 Å². The summed E-state index contributed by atoms with van der Waals surface area (Å²) in [5, 5.41) is 35.1. The first-order valence-electron chi connectivity index (χ1n) is 34.6. The molecule has 0 aromatic carbocycles. The molecule has 0 aromatic rings. The number of carbonyl (C=O) groups is 10. The average Bonchev–Trinajstić information content (AvgIpc) is 0.888. The number of aliphatic carboxylic acids is 3. The monoisotopic (exact) mass is 1490 g/mol. The molecule has 0 spiro atoms. The number of carboxylic acids is 3. The maximum atomic E-state index is 14.0. The molecule has 0 heterocycles. The van der Waals surface area contributed by atoms with Crippen molar-refractivity contribution in [3.63, 3.8) is 0 Å². The number of amides is 7. The normalized spacial score (nSPS) is 12.0. The maximum Gasteiger partial charge on any atom is 0.490 e. The Morgan fingerprint density at radius 1 is 0.382 bits per heavy atom. The zero-order valence-electron chi connectivity index (χ0n) is 59.0. The highest BCUT2D eigenvalue weighted by Gasteiger charge is 2.40. The van der Waals surface area contributed by atoms with E-state index in [1.807, 2.05) is 0 Å². The van der Waals surface area contributed by atoms with Crippen LogP contribution in [0.1, 0.15) is 232 Å². The fourth-order valence-corrected chi connectivity index (χ4v) is 9.13. The molecule has 29 nitrogen and oxygen atoms in total. The number of rotatable bonds is 54. The number of hydrogen-bond acceptors (Lipinski definition) is 13. The zero-order valence-corrected chi connectivity index (χ0v) is 59.0. The fourth-order valence-electron chi connectivity index (χ4n) is 9.13. The number of nitrogens with one attached hydrogen (secondary N) is 5. The second-order valence-electron chi connectivity index (χ2n) is 23.7. The quantitative estimate of drug-likeness (QED) is 0.0101. The predicted molar refractivity (Wildman–Crippen MR) is 368 cm³/mol. The number of carbonyl (C=O) groups excluding carboxylic acids is 7. The highest BCUT2D eigenvalue weighted by atomic mass is 19.4. The molecule has 0 rings (SSSR count). The Hall–Kier alpha value is -8.38. The Morgan fingerprint density at radius 3 is 0.902 bits per heavy atom. The number of alkyl halides is 9. The molecule has 0 aliphatic heterocycles. The standard InChI is InChI=1S/C58H112N16O7.3C2HF3O2/c1-3-5-7-9-11-13-15-17-19-21-23-25-27-35-49(75)66-42-44-74(45-43-67-50(76)36-28-26-24-22-20-18-16-14-12-10-8-6-4-2)52(78)38-37-51(77)71-47(33-30-40-69-57(62)63)54(80)73-48(34-31-41-70-58(64)65)55(81)72-46(53(59)79)32-29-39-68-56(60)61;3*3-2(4,5)1(6)7/h37-38,46-48H,3-36,39-45H2,1-2H3,(H2,59,79)(H,66,75)(H,67,76)(H,71,77)(H,72,81)(H,73,80)(H4,60,61,68)(H4,62,63,69)(H4,64,65,70);3*(H,6,7)/b38-37-;;;/t46-,47-,48-;;;/m0.../s1. The van der Waals surface area contributed by atoms with Gasteiger partial charge in [-0.1, -0.05) is 168 Å². The Bertz CT molecular complexity index is 2380. The van der Waals surface area contributed by atoms with Gasteiger partial charge in [0, 0.05) is 70.8 Å². The van der Waals surface area contributed by atoms with Crippen LogP contribution >= 0.6 is 0 Å². The molecule has 102 heavy (non-hydrogen) atoms. The van der Waals surface area contributed by atoms with Crippen LogP contribution in [0.4, 0.5) is 39.5 Å². The van der Waals surface area contributed by atoms with Crippen LogP contribution in [0.3, 0.4) is 0 Å². The van der Waals surface area contributed by atoms with Gasteiger partial charge in [-0.2, -0.15) is 39.5 Å². The molecule has 7 amide bonds. The van der Waals surface area contributed by atoms with E-state index in [9.17, 15) is 73.1 Å². The summed E-state index contributed by atoms with van der Waals surface area (Å²) >= 11 is 0. The van der Waals surface area contributed by atoms with Gasteiger partial charge >= 0.3 is 36.4 Å². The van der Waals surface area contributed by atoms with Crippen LogP contribution in [-0.2, 0) is 47.9 Å². The topological polar surface area (TPSA) is 514 Å². The molecule has 592 valence electrons. The highest BCUT2D eigenvalue weighted by molar-refractivity contribution is 5.99. The Balaban J connectivity index is -0.00000196. The summed E-state index contributed by atoms with van der Waals surface area (Å²) in [6, 6.07) is -3.62. The van der Waals surface area contributed by atoms with Gasteiger partial charge in [0.1, 0.15) is 18.1 Å². The van der Waals surface area contributed by atoms with Crippen LogP contribution in [0.2, 0.25) is 0 Å². The van der Waals surface area contributed by atoms with Crippen molar-refractivity contribution >= 4 is 77.1 Å². The zero-order chi connectivity index (χ0) is 78.4. The molecule has 38 heteroatoms. The van der Waals surface area contributed by atoms with Gasteiger partial charge in [0.2, 0.25) is 41.4 Å². The lowest BCUT2D eigenvalue weighted by molar-refractivity contribution is -0.193. The lowest BCUT2D eigenvalue weighted by atomic mass is 10.0. The van der Waals surface area contributed by atoms with E-state index in [-0.39, 0.29) is 108 Å². The third-order valence-electron chi connectivity index (χ3n) is 14.6. The predicted octanol–water partition coefficient (Wildman–Crippen LogP) is 6.57. The van der Waals surface area contributed by atoms with E-state index in [1.54, 1.807) is 0 Å². The average molecular weight is 1490 g/mol. The minimum atomic E-state index is -5.08. The molecule has 0 aromatic heterocycles. The van der Waals surface area contributed by atoms with E-state index in [1.165, 1.54) is 120 Å². The lowest BCUT2D eigenvalue weighted by Crippen LogP contribution is -2.56. The number of nitrogens with two attached hydrogens (primary N) is 7. The van der Waals surface area contributed by atoms with E-state index < -0.39 is 84.1 Å². The number of unbranched alkanes of at least 4 members (excludes halogenated alkanes) is 24. The molecule has 0 unspecified atom stereocenters. The largest absolute Gasteiger partial charge is 0.490 e. The van der Waals surface area contributed by atoms with Crippen LogP contribution in [0.25, 0.3) is 0 Å². The van der Waals surface area contributed by atoms with E-state index in [4.69, 9.17) is 69.8 Å². The summed E-state index contributed by atoms with van der Waals surface area (Å²) in [7, 11) is 0. The van der Waals surface area contributed by atoms with Gasteiger partial charge in [0.05, 0.1) is 0 Å². The molecule has 0 aliphatic rings. The minimum absolute atomic E-state index is 0.0112. The van der Waals surface area contributed by atoms with Crippen LogP contribution < -0.4 is 66.7 Å². The first-order valence-corrected chi connectivity index (χ1v) is 34.6. The SMILES string of the molecule is CCCCCCCCCCCCCCCC(=O)NCCN(CCNC(=O)CCCCCCCCCCCCCCC)C(=O)/C=C\C(=O)N[C@@H](CCCN=C(N)N)C(=O)N[C@@H](CCCN=C(N)N)C(=O)N[C@@H](CCCN=C(N)N)C(N)=O.O=C(O)C(F)(F)F.O=C(O)C(F)(F)F.O=C(O)C(F)(F)F. The highest BCUT2D eigenvalue weighted by Crippen LogP contribution is 2.17. The van der Waals surface area contributed by atoms with Crippen molar-refractivity contribution in [1.29, 1.82) is 0 Å². The Kier molecular flexibility index (Phi) is 61.2. The van der Waals surface area contributed by atoms with Crippen molar-refractivity contribution in [2.24, 2.45) is 55.1 Å². The van der Waals surface area contributed by atoms with Crippen molar-refractivity contribution in [2.45, 2.75) is 269 Å². The summed E-state index contributed by atoms with van der Waals surface area (Å²) in [6.07, 6.45) is 19.7. The Labute approximate surface area is 591 Å².